The van der Waals surface area contributed by atoms with Crippen LogP contribution >= 0.6 is 0 Å². The normalized spacial score (nSPS) is 10.4. The molecular formula is C18H17NO6. The maximum absolute atomic E-state index is 11.1. The molecule has 0 spiro atoms. The van der Waals surface area contributed by atoms with Gasteiger partial charge in [-0.2, -0.15) is 0 Å². The molecule has 0 atom stereocenters. The summed E-state index contributed by atoms with van der Waals surface area (Å²) in [4.78, 5) is 32.5. The van der Waals surface area contributed by atoms with Crippen molar-refractivity contribution in [2.75, 3.05) is 0 Å². The van der Waals surface area contributed by atoms with Crippen molar-refractivity contribution in [3.8, 4) is 0 Å². The number of ether oxygens (including phenoxy) is 2. The molecule has 0 saturated carbocycles. The van der Waals surface area contributed by atoms with Crippen LogP contribution in [-0.2, 0) is 25.5 Å². The molecule has 2 rings (SSSR count). The Labute approximate surface area is 144 Å². The first-order valence-electron chi connectivity index (χ1n) is 7.52. The molecule has 0 N–H and O–H groups in total. The highest BCUT2D eigenvalue weighted by atomic mass is 16.7. The highest BCUT2D eigenvalue weighted by molar-refractivity contribution is 5.68. The van der Waals surface area contributed by atoms with Gasteiger partial charge in [-0.15, -0.1) is 0 Å². The predicted molar refractivity (Wildman–Crippen MR) is 88.6 cm³/mol. The Morgan fingerprint density at radius 2 is 1.36 bits per heavy atom. The molecule has 130 valence electrons. The second kappa shape index (κ2) is 8.05. The van der Waals surface area contributed by atoms with Gasteiger partial charge in [-0.1, -0.05) is 36.4 Å². The van der Waals surface area contributed by atoms with Crippen molar-refractivity contribution in [2.45, 2.75) is 26.6 Å². The van der Waals surface area contributed by atoms with Crippen LogP contribution < -0.4 is 0 Å². The molecule has 2 aromatic rings. The quantitative estimate of drug-likeness (QED) is 0.345. The topological polar surface area (TPSA) is 95.7 Å². The summed E-state index contributed by atoms with van der Waals surface area (Å²) in [5, 5.41) is 10.7. The van der Waals surface area contributed by atoms with E-state index in [4.69, 9.17) is 9.47 Å². The molecule has 0 bridgehead atoms. The third-order valence-corrected chi connectivity index (χ3v) is 3.35. The van der Waals surface area contributed by atoms with Crippen LogP contribution in [0.15, 0.2) is 48.5 Å². The largest absolute Gasteiger partial charge is 0.421 e. The molecule has 0 heterocycles. The number of nitrogens with zero attached hydrogens (tertiary/aromatic N) is 1. The molecule has 0 aliphatic heterocycles. The van der Waals surface area contributed by atoms with E-state index in [0.29, 0.717) is 12.0 Å². The third-order valence-electron chi connectivity index (χ3n) is 3.35. The lowest BCUT2D eigenvalue weighted by Crippen LogP contribution is -2.14. The molecule has 0 fully saturated rings. The van der Waals surface area contributed by atoms with Crippen LogP contribution in [0.2, 0.25) is 0 Å². The van der Waals surface area contributed by atoms with Gasteiger partial charge in [-0.25, -0.2) is 0 Å². The van der Waals surface area contributed by atoms with Crippen LogP contribution in [-0.4, -0.2) is 16.9 Å². The number of nitro benzene ring substituents is 1. The summed E-state index contributed by atoms with van der Waals surface area (Å²) in [5.74, 6) is -1.11. The van der Waals surface area contributed by atoms with Crippen molar-refractivity contribution < 1.29 is 24.0 Å². The molecule has 0 unspecified atom stereocenters. The Morgan fingerprint density at radius 3 is 1.76 bits per heavy atom. The average Bonchev–Trinajstić information content (AvgIpc) is 2.54. The van der Waals surface area contributed by atoms with Crippen molar-refractivity contribution in [1.29, 1.82) is 0 Å². The van der Waals surface area contributed by atoms with Gasteiger partial charge in [0.25, 0.3) is 12.0 Å². The number of esters is 2. The van der Waals surface area contributed by atoms with Crippen molar-refractivity contribution in [2.24, 2.45) is 0 Å². The molecule has 0 amide bonds. The first-order chi connectivity index (χ1) is 11.8. The van der Waals surface area contributed by atoms with Crippen molar-refractivity contribution >= 4 is 17.6 Å². The zero-order chi connectivity index (χ0) is 18.4. The van der Waals surface area contributed by atoms with Crippen LogP contribution in [0.5, 0.6) is 0 Å². The van der Waals surface area contributed by atoms with Crippen LogP contribution in [0.3, 0.4) is 0 Å². The van der Waals surface area contributed by atoms with Gasteiger partial charge in [0.2, 0.25) is 0 Å². The minimum Gasteiger partial charge on any atom is -0.421 e. The Hall–Kier alpha value is -3.22. The summed E-state index contributed by atoms with van der Waals surface area (Å²) in [5.41, 5.74) is 2.47. The highest BCUT2D eigenvalue weighted by Gasteiger charge is 2.17. The van der Waals surface area contributed by atoms with E-state index < -0.39 is 23.2 Å². The van der Waals surface area contributed by atoms with E-state index in [2.05, 4.69) is 0 Å². The molecule has 0 aliphatic rings. The van der Waals surface area contributed by atoms with Gasteiger partial charge in [0, 0.05) is 31.5 Å². The number of hydrogen-bond acceptors (Lipinski definition) is 6. The monoisotopic (exact) mass is 343 g/mol. The first-order valence-corrected chi connectivity index (χ1v) is 7.52. The number of carbonyl (C=O) groups is 2. The number of carbonyl (C=O) groups excluding carboxylic acids is 2. The van der Waals surface area contributed by atoms with Gasteiger partial charge < -0.3 is 9.47 Å². The Morgan fingerprint density at radius 1 is 0.920 bits per heavy atom. The fraction of sp³-hybridized carbons (Fsp3) is 0.222. The first kappa shape index (κ1) is 18.1. The van der Waals surface area contributed by atoms with Crippen LogP contribution in [0.1, 0.15) is 36.8 Å². The summed E-state index contributed by atoms with van der Waals surface area (Å²) < 4.78 is 9.99. The van der Waals surface area contributed by atoms with Gasteiger partial charge in [-0.05, 0) is 17.5 Å². The second-order valence-corrected chi connectivity index (χ2v) is 5.39. The van der Waals surface area contributed by atoms with Crippen molar-refractivity contribution in [1.82, 2.24) is 0 Å². The standard InChI is InChI=1S/C18H17NO6/c1-12(20)24-18(25-13(2)21)16-7-3-14(4-8-16)11-15-5-9-17(10-6-15)19(22)23/h3-10,18H,11H2,1-2H3. The summed E-state index contributed by atoms with van der Waals surface area (Å²) in [6.07, 6.45) is -0.493. The zero-order valence-corrected chi connectivity index (χ0v) is 13.8. The van der Waals surface area contributed by atoms with Gasteiger partial charge in [0.15, 0.2) is 0 Å². The van der Waals surface area contributed by atoms with Gasteiger partial charge in [0.05, 0.1) is 4.92 Å². The number of rotatable bonds is 6. The SMILES string of the molecule is CC(=O)OC(OC(C)=O)c1ccc(Cc2ccc([N+](=O)[O-])cc2)cc1. The minimum atomic E-state index is -1.08. The Balaban J connectivity index is 2.10. The molecule has 0 aliphatic carbocycles. The van der Waals surface area contributed by atoms with E-state index in [0.717, 1.165) is 11.1 Å². The summed E-state index contributed by atoms with van der Waals surface area (Å²) in [7, 11) is 0. The van der Waals surface area contributed by atoms with Gasteiger partial charge >= 0.3 is 11.9 Å². The van der Waals surface area contributed by atoms with E-state index in [1.807, 2.05) is 12.1 Å². The average molecular weight is 343 g/mol. The van der Waals surface area contributed by atoms with Crippen LogP contribution in [0, 0.1) is 10.1 Å². The molecule has 0 aromatic heterocycles. The smallest absolute Gasteiger partial charge is 0.305 e. The molecule has 2 aromatic carbocycles. The highest BCUT2D eigenvalue weighted by Crippen LogP contribution is 2.21. The van der Waals surface area contributed by atoms with Crippen LogP contribution in [0.25, 0.3) is 0 Å². The number of benzene rings is 2. The lowest BCUT2D eigenvalue weighted by Gasteiger charge is -2.17. The number of nitro groups is 1. The van der Waals surface area contributed by atoms with Gasteiger partial charge in [-0.3, -0.25) is 19.7 Å². The Kier molecular flexibility index (Phi) is 5.84. The molecule has 7 nitrogen and oxygen atoms in total. The summed E-state index contributed by atoms with van der Waals surface area (Å²) >= 11 is 0. The van der Waals surface area contributed by atoms with E-state index in [1.54, 1.807) is 24.3 Å². The molecule has 25 heavy (non-hydrogen) atoms. The predicted octanol–water partition coefficient (Wildman–Crippen LogP) is 3.31. The van der Waals surface area contributed by atoms with Crippen molar-refractivity contribution in [3.05, 3.63) is 75.3 Å². The second-order valence-electron chi connectivity index (χ2n) is 5.39. The van der Waals surface area contributed by atoms with E-state index in [1.165, 1.54) is 26.0 Å². The maximum atomic E-state index is 11.1. The number of hydrogen-bond donors (Lipinski definition) is 0. The van der Waals surface area contributed by atoms with Gasteiger partial charge in [0.1, 0.15) is 0 Å². The fourth-order valence-corrected chi connectivity index (χ4v) is 2.23. The lowest BCUT2D eigenvalue weighted by molar-refractivity contribution is -0.384. The van der Waals surface area contributed by atoms with E-state index in [-0.39, 0.29) is 5.69 Å². The summed E-state index contributed by atoms with van der Waals surface area (Å²) in [6.45, 7) is 2.47. The Bertz CT molecular complexity index is 751. The van der Waals surface area contributed by atoms with Crippen LogP contribution in [0.4, 0.5) is 5.69 Å². The molecule has 0 saturated heterocycles. The van der Waals surface area contributed by atoms with Crippen molar-refractivity contribution in [3.63, 3.8) is 0 Å². The lowest BCUT2D eigenvalue weighted by atomic mass is 10.0. The zero-order valence-electron chi connectivity index (χ0n) is 13.8. The third kappa shape index (κ3) is 5.42. The minimum absolute atomic E-state index is 0.0460. The van der Waals surface area contributed by atoms with E-state index in [9.17, 15) is 19.7 Å². The summed E-state index contributed by atoms with van der Waals surface area (Å²) in [6, 6.07) is 13.4. The molecular weight excluding hydrogens is 326 g/mol. The molecule has 7 heteroatoms. The maximum Gasteiger partial charge on any atom is 0.305 e. The molecule has 0 radical (unpaired) electrons. The number of non-ortho nitro benzene ring substituents is 1. The fourth-order valence-electron chi connectivity index (χ4n) is 2.23. The van der Waals surface area contributed by atoms with E-state index >= 15 is 0 Å².